The van der Waals surface area contributed by atoms with Crippen LogP contribution >= 0.6 is 0 Å². The molecule has 0 unspecified atom stereocenters. The summed E-state index contributed by atoms with van der Waals surface area (Å²) >= 11 is 0. The molecule has 0 fully saturated rings. The first-order valence-corrected chi connectivity index (χ1v) is 10.8. The van der Waals surface area contributed by atoms with Crippen LogP contribution < -0.4 is 4.90 Å². The first-order valence-electron chi connectivity index (χ1n) is 10.8. The maximum Gasteiger partial charge on any atom is 0.233 e. The van der Waals surface area contributed by atoms with Gasteiger partial charge in [-0.25, -0.2) is 9.97 Å². The summed E-state index contributed by atoms with van der Waals surface area (Å²) < 4.78 is 0. The number of carbonyl (C=O) groups excluding carboxylic acids is 1. The number of amides is 1. The highest BCUT2D eigenvalue weighted by atomic mass is 16.2. The summed E-state index contributed by atoms with van der Waals surface area (Å²) in [5.41, 5.74) is 4.95. The standard InChI is InChI=1S/C25H24N6O/c1-16(2)21-6-4-5-7-22(21)24-26-15-19-14-23(32)30(25(19)29-24)17(3)18-8-10-20(11-9-18)31-27-12-13-28-31/h4-13,15-17H,14H2,1-3H3/t17-/m0/s1. The van der Waals surface area contributed by atoms with Gasteiger partial charge in [0, 0.05) is 17.3 Å². The number of benzene rings is 2. The van der Waals surface area contributed by atoms with Crippen molar-refractivity contribution in [2.75, 3.05) is 4.90 Å². The van der Waals surface area contributed by atoms with Gasteiger partial charge in [-0.05, 0) is 36.1 Å². The molecule has 7 nitrogen and oxygen atoms in total. The third kappa shape index (κ3) is 3.45. The molecule has 2 aromatic carbocycles. The van der Waals surface area contributed by atoms with Crippen molar-refractivity contribution in [2.24, 2.45) is 0 Å². The van der Waals surface area contributed by atoms with Crippen LogP contribution in [0.3, 0.4) is 0 Å². The molecule has 1 aliphatic heterocycles. The maximum atomic E-state index is 13.0. The minimum absolute atomic E-state index is 0.0360. The Morgan fingerprint density at radius 2 is 1.66 bits per heavy atom. The van der Waals surface area contributed by atoms with E-state index < -0.39 is 0 Å². The number of nitrogens with zero attached hydrogens (tertiary/aromatic N) is 6. The van der Waals surface area contributed by atoms with E-state index in [9.17, 15) is 4.79 Å². The van der Waals surface area contributed by atoms with Crippen molar-refractivity contribution in [1.82, 2.24) is 25.0 Å². The molecule has 1 atom stereocenters. The Morgan fingerprint density at radius 1 is 0.938 bits per heavy atom. The van der Waals surface area contributed by atoms with Gasteiger partial charge in [-0.3, -0.25) is 9.69 Å². The fourth-order valence-electron chi connectivity index (χ4n) is 4.21. The van der Waals surface area contributed by atoms with Crippen molar-refractivity contribution in [1.29, 1.82) is 0 Å². The van der Waals surface area contributed by atoms with Gasteiger partial charge in [0.2, 0.25) is 5.91 Å². The number of rotatable bonds is 5. The van der Waals surface area contributed by atoms with E-state index >= 15 is 0 Å². The van der Waals surface area contributed by atoms with Gasteiger partial charge < -0.3 is 0 Å². The molecule has 0 bridgehead atoms. The predicted octanol–water partition coefficient (Wildman–Crippen LogP) is 4.50. The van der Waals surface area contributed by atoms with Crippen molar-refractivity contribution in [3.63, 3.8) is 0 Å². The van der Waals surface area contributed by atoms with Gasteiger partial charge in [-0.2, -0.15) is 15.0 Å². The Hall–Kier alpha value is -3.87. The molecule has 0 saturated carbocycles. The Labute approximate surface area is 186 Å². The quantitative estimate of drug-likeness (QED) is 0.471. The van der Waals surface area contributed by atoms with Crippen LogP contribution in [0, 0.1) is 0 Å². The molecule has 4 aromatic rings. The highest BCUT2D eigenvalue weighted by Crippen LogP contribution is 2.36. The SMILES string of the molecule is CC(C)c1ccccc1-c1ncc2c(n1)N([C@@H](C)c1ccc(-n3nccn3)cc1)C(=O)C2. The predicted molar refractivity (Wildman–Crippen MR) is 123 cm³/mol. The first-order chi connectivity index (χ1) is 15.5. The molecular formula is C25H24N6O. The van der Waals surface area contributed by atoms with Crippen LogP contribution in [0.5, 0.6) is 0 Å². The van der Waals surface area contributed by atoms with E-state index in [0.29, 0.717) is 24.0 Å². The third-order valence-corrected chi connectivity index (χ3v) is 5.92. The van der Waals surface area contributed by atoms with Gasteiger partial charge in [0.05, 0.1) is 30.5 Å². The average Bonchev–Trinajstić information content (AvgIpc) is 3.46. The fourth-order valence-corrected chi connectivity index (χ4v) is 4.21. The zero-order valence-corrected chi connectivity index (χ0v) is 18.3. The Bertz CT molecular complexity index is 1260. The van der Waals surface area contributed by atoms with Crippen molar-refractivity contribution in [3.8, 4) is 17.1 Å². The number of hydrogen-bond donors (Lipinski definition) is 0. The van der Waals surface area contributed by atoms with Crippen LogP contribution in [0.25, 0.3) is 17.1 Å². The van der Waals surface area contributed by atoms with E-state index in [1.54, 1.807) is 28.3 Å². The summed E-state index contributed by atoms with van der Waals surface area (Å²) in [6.45, 7) is 6.34. The molecule has 1 amide bonds. The highest BCUT2D eigenvalue weighted by molar-refractivity contribution is 6.01. The smallest absolute Gasteiger partial charge is 0.233 e. The molecule has 0 saturated heterocycles. The molecule has 0 radical (unpaired) electrons. The van der Waals surface area contributed by atoms with Gasteiger partial charge >= 0.3 is 0 Å². The molecule has 3 heterocycles. The zero-order valence-electron chi connectivity index (χ0n) is 18.3. The lowest BCUT2D eigenvalue weighted by atomic mass is 9.97. The normalized spacial score (nSPS) is 14.1. The lowest BCUT2D eigenvalue weighted by molar-refractivity contribution is -0.117. The largest absolute Gasteiger partial charge is 0.289 e. The molecule has 1 aliphatic rings. The third-order valence-electron chi connectivity index (χ3n) is 5.92. The Morgan fingerprint density at radius 3 is 2.38 bits per heavy atom. The molecule has 0 aliphatic carbocycles. The van der Waals surface area contributed by atoms with E-state index in [1.807, 2.05) is 49.4 Å². The lowest BCUT2D eigenvalue weighted by Gasteiger charge is -2.25. The summed E-state index contributed by atoms with van der Waals surface area (Å²) in [5, 5.41) is 8.32. The molecular weight excluding hydrogens is 400 g/mol. The van der Waals surface area contributed by atoms with Crippen LogP contribution in [0.15, 0.2) is 67.1 Å². The molecule has 0 N–H and O–H groups in total. The summed E-state index contributed by atoms with van der Waals surface area (Å²) in [4.78, 5) is 25.8. The van der Waals surface area contributed by atoms with Crippen molar-refractivity contribution in [3.05, 3.63) is 83.8 Å². The Balaban J connectivity index is 1.50. The lowest BCUT2D eigenvalue weighted by Crippen LogP contribution is -2.30. The second-order valence-corrected chi connectivity index (χ2v) is 8.31. The zero-order chi connectivity index (χ0) is 22.2. The minimum atomic E-state index is -0.161. The van der Waals surface area contributed by atoms with E-state index in [-0.39, 0.29) is 11.9 Å². The number of hydrogen-bond acceptors (Lipinski definition) is 5. The van der Waals surface area contributed by atoms with Gasteiger partial charge in [0.15, 0.2) is 5.82 Å². The van der Waals surface area contributed by atoms with Gasteiger partial charge in [-0.1, -0.05) is 50.2 Å². The maximum absolute atomic E-state index is 13.0. The van der Waals surface area contributed by atoms with E-state index in [2.05, 4.69) is 35.1 Å². The number of fused-ring (bicyclic) bond motifs is 1. The van der Waals surface area contributed by atoms with Crippen LogP contribution in [0.2, 0.25) is 0 Å². The minimum Gasteiger partial charge on any atom is -0.289 e. The van der Waals surface area contributed by atoms with Gasteiger partial charge in [0.25, 0.3) is 0 Å². The molecule has 0 spiro atoms. The van der Waals surface area contributed by atoms with E-state index in [0.717, 1.165) is 22.4 Å². The van der Waals surface area contributed by atoms with Crippen molar-refractivity contribution < 1.29 is 4.79 Å². The number of anilines is 1. The first kappa shape index (κ1) is 20.1. The monoisotopic (exact) mass is 424 g/mol. The summed E-state index contributed by atoms with van der Waals surface area (Å²) in [5.74, 6) is 1.74. The summed E-state index contributed by atoms with van der Waals surface area (Å²) in [6.07, 6.45) is 5.41. The Kier molecular flexibility index (Phi) is 5.01. The second-order valence-electron chi connectivity index (χ2n) is 8.31. The highest BCUT2D eigenvalue weighted by Gasteiger charge is 2.34. The van der Waals surface area contributed by atoms with Crippen molar-refractivity contribution >= 4 is 11.7 Å². The van der Waals surface area contributed by atoms with Gasteiger partial charge in [0.1, 0.15) is 5.82 Å². The van der Waals surface area contributed by atoms with Crippen molar-refractivity contribution in [2.45, 2.75) is 39.2 Å². The molecule has 7 heteroatoms. The topological polar surface area (TPSA) is 76.8 Å². The molecule has 5 rings (SSSR count). The number of carbonyl (C=O) groups is 1. The fraction of sp³-hybridized carbons (Fsp3) is 0.240. The van der Waals surface area contributed by atoms with E-state index in [4.69, 9.17) is 4.98 Å². The average molecular weight is 425 g/mol. The molecule has 2 aromatic heterocycles. The summed E-state index contributed by atoms with van der Waals surface area (Å²) in [6, 6.07) is 15.9. The van der Waals surface area contributed by atoms with E-state index in [1.165, 1.54) is 5.56 Å². The summed E-state index contributed by atoms with van der Waals surface area (Å²) in [7, 11) is 0. The van der Waals surface area contributed by atoms with Crippen LogP contribution in [-0.4, -0.2) is 30.9 Å². The molecule has 32 heavy (non-hydrogen) atoms. The van der Waals surface area contributed by atoms with Crippen LogP contribution in [0.1, 0.15) is 49.4 Å². The van der Waals surface area contributed by atoms with Gasteiger partial charge in [-0.15, -0.1) is 0 Å². The van der Waals surface area contributed by atoms with Crippen LogP contribution in [0.4, 0.5) is 5.82 Å². The molecule has 160 valence electrons. The number of aromatic nitrogens is 5. The van der Waals surface area contributed by atoms with Crippen LogP contribution in [-0.2, 0) is 11.2 Å². The second kappa shape index (κ2) is 8.00.